The first kappa shape index (κ1) is 13.3. The first-order valence-electron chi connectivity index (χ1n) is 5.44. The zero-order valence-corrected chi connectivity index (χ0v) is 10.5. The summed E-state index contributed by atoms with van der Waals surface area (Å²) in [6.07, 6.45) is 2.66. The van der Waals surface area contributed by atoms with E-state index in [1.165, 1.54) is 4.90 Å². The number of nitrogens with zero attached hydrogens (tertiary/aromatic N) is 1. The standard InChI is InChI=1S/C10H18N2O3S/c1-3-12-9(13)7-8(10(12)14)11-5-4-6-16(2)15/h8,11H,3-7H2,1-2H3. The number of carbonyl (C=O) groups excluding carboxylic acids is 2. The molecule has 1 saturated heterocycles. The van der Waals surface area contributed by atoms with E-state index in [0.717, 1.165) is 6.42 Å². The number of carbonyl (C=O) groups is 2. The Balaban J connectivity index is 2.31. The molecule has 0 aromatic carbocycles. The molecule has 1 N–H and O–H groups in total. The van der Waals surface area contributed by atoms with E-state index in [4.69, 9.17) is 0 Å². The van der Waals surface area contributed by atoms with Crippen LogP contribution in [0.1, 0.15) is 19.8 Å². The van der Waals surface area contributed by atoms with Crippen LogP contribution >= 0.6 is 0 Å². The van der Waals surface area contributed by atoms with Crippen LogP contribution in [-0.4, -0.2) is 52.1 Å². The average molecular weight is 246 g/mol. The second-order valence-corrected chi connectivity index (χ2v) is 5.37. The lowest BCUT2D eigenvalue weighted by molar-refractivity contribution is -0.138. The van der Waals surface area contributed by atoms with Gasteiger partial charge in [-0.3, -0.25) is 18.7 Å². The highest BCUT2D eigenvalue weighted by atomic mass is 32.2. The lowest BCUT2D eigenvalue weighted by Gasteiger charge is -2.12. The molecule has 1 rings (SSSR count). The molecule has 0 aliphatic carbocycles. The molecule has 2 atom stereocenters. The molecule has 1 aliphatic heterocycles. The van der Waals surface area contributed by atoms with Crippen LogP contribution in [0.2, 0.25) is 0 Å². The van der Waals surface area contributed by atoms with E-state index < -0.39 is 10.8 Å². The summed E-state index contributed by atoms with van der Waals surface area (Å²) in [5.41, 5.74) is 0. The Bertz CT molecular complexity index is 306. The largest absolute Gasteiger partial charge is 0.305 e. The van der Waals surface area contributed by atoms with Gasteiger partial charge in [0.1, 0.15) is 0 Å². The Morgan fingerprint density at radius 1 is 1.50 bits per heavy atom. The van der Waals surface area contributed by atoms with E-state index in [1.807, 2.05) is 0 Å². The average Bonchev–Trinajstić information content (AvgIpc) is 2.48. The summed E-state index contributed by atoms with van der Waals surface area (Å²) < 4.78 is 10.8. The van der Waals surface area contributed by atoms with Crippen molar-refractivity contribution < 1.29 is 13.8 Å². The minimum Gasteiger partial charge on any atom is -0.305 e. The molecular weight excluding hydrogens is 228 g/mol. The zero-order valence-electron chi connectivity index (χ0n) is 9.69. The van der Waals surface area contributed by atoms with E-state index in [1.54, 1.807) is 13.2 Å². The van der Waals surface area contributed by atoms with Crippen molar-refractivity contribution in [2.45, 2.75) is 25.8 Å². The third-order valence-corrected chi connectivity index (χ3v) is 3.42. The van der Waals surface area contributed by atoms with Gasteiger partial charge in [0.2, 0.25) is 11.8 Å². The Morgan fingerprint density at radius 3 is 2.69 bits per heavy atom. The third-order valence-electron chi connectivity index (χ3n) is 2.56. The van der Waals surface area contributed by atoms with Crippen LogP contribution in [0.4, 0.5) is 0 Å². The second-order valence-electron chi connectivity index (χ2n) is 3.82. The predicted octanol–water partition coefficient (Wildman–Crippen LogP) is -0.508. The maximum Gasteiger partial charge on any atom is 0.246 e. The van der Waals surface area contributed by atoms with E-state index in [2.05, 4.69) is 5.32 Å². The summed E-state index contributed by atoms with van der Waals surface area (Å²) >= 11 is 0. The van der Waals surface area contributed by atoms with Gasteiger partial charge in [0.05, 0.1) is 12.5 Å². The molecule has 0 radical (unpaired) electrons. The molecule has 1 heterocycles. The van der Waals surface area contributed by atoms with Gasteiger partial charge in [-0.25, -0.2) is 0 Å². The maximum absolute atomic E-state index is 11.7. The van der Waals surface area contributed by atoms with E-state index in [-0.39, 0.29) is 24.3 Å². The zero-order chi connectivity index (χ0) is 12.1. The first-order chi connectivity index (χ1) is 7.56. The molecule has 16 heavy (non-hydrogen) atoms. The van der Waals surface area contributed by atoms with Crippen LogP contribution in [0, 0.1) is 0 Å². The molecule has 6 heteroatoms. The lowest BCUT2D eigenvalue weighted by atomic mass is 10.2. The lowest BCUT2D eigenvalue weighted by Crippen LogP contribution is -2.39. The van der Waals surface area contributed by atoms with Crippen molar-refractivity contribution in [1.29, 1.82) is 0 Å². The minimum absolute atomic E-state index is 0.107. The molecule has 2 unspecified atom stereocenters. The molecule has 1 aliphatic rings. The molecular formula is C10H18N2O3S. The fourth-order valence-corrected chi connectivity index (χ4v) is 2.28. The van der Waals surface area contributed by atoms with Gasteiger partial charge in [-0.2, -0.15) is 0 Å². The van der Waals surface area contributed by atoms with Crippen molar-refractivity contribution in [2.75, 3.05) is 25.1 Å². The molecule has 0 saturated carbocycles. The molecule has 2 amide bonds. The van der Waals surface area contributed by atoms with Crippen LogP contribution < -0.4 is 5.32 Å². The quantitative estimate of drug-likeness (QED) is 0.506. The van der Waals surface area contributed by atoms with Gasteiger partial charge < -0.3 is 5.32 Å². The number of likely N-dealkylation sites (tertiary alicyclic amines) is 1. The molecule has 0 aromatic rings. The van der Waals surface area contributed by atoms with Crippen LogP contribution in [0.3, 0.4) is 0 Å². The van der Waals surface area contributed by atoms with Crippen molar-refractivity contribution in [3.8, 4) is 0 Å². The van der Waals surface area contributed by atoms with Crippen molar-refractivity contribution in [3.05, 3.63) is 0 Å². The SMILES string of the molecule is CCN1C(=O)CC(NCCCS(C)=O)C1=O. The van der Waals surface area contributed by atoms with E-state index >= 15 is 0 Å². The Morgan fingerprint density at radius 2 is 2.19 bits per heavy atom. The second kappa shape index (κ2) is 6.10. The number of hydrogen-bond acceptors (Lipinski definition) is 4. The Labute approximate surface area is 98.0 Å². The van der Waals surface area contributed by atoms with Crippen molar-refractivity contribution >= 4 is 22.6 Å². The molecule has 1 fully saturated rings. The Hall–Kier alpha value is -0.750. The third kappa shape index (κ3) is 3.38. The predicted molar refractivity (Wildman–Crippen MR) is 62.4 cm³/mol. The monoisotopic (exact) mass is 246 g/mol. The topological polar surface area (TPSA) is 66.5 Å². The van der Waals surface area contributed by atoms with Gasteiger partial charge >= 0.3 is 0 Å². The molecule has 92 valence electrons. The summed E-state index contributed by atoms with van der Waals surface area (Å²) in [6.45, 7) is 2.86. The van der Waals surface area contributed by atoms with Gasteiger partial charge in [0, 0.05) is 29.4 Å². The fraction of sp³-hybridized carbons (Fsp3) is 0.800. The fourth-order valence-electron chi connectivity index (χ4n) is 1.73. The van der Waals surface area contributed by atoms with Crippen molar-refractivity contribution in [2.24, 2.45) is 0 Å². The smallest absolute Gasteiger partial charge is 0.246 e. The normalized spacial score (nSPS) is 22.9. The number of nitrogens with one attached hydrogen (secondary N) is 1. The number of likely N-dealkylation sites (N-methyl/N-ethyl adjacent to an activating group) is 1. The molecule has 0 spiro atoms. The summed E-state index contributed by atoms with van der Waals surface area (Å²) in [4.78, 5) is 24.3. The van der Waals surface area contributed by atoms with E-state index in [9.17, 15) is 13.8 Å². The summed E-state index contributed by atoms with van der Waals surface area (Å²) in [5, 5.41) is 3.03. The van der Waals surface area contributed by atoms with Crippen LogP contribution in [0.25, 0.3) is 0 Å². The Kier molecular flexibility index (Phi) is 5.08. The van der Waals surface area contributed by atoms with E-state index in [0.29, 0.717) is 18.8 Å². The molecule has 5 nitrogen and oxygen atoms in total. The van der Waals surface area contributed by atoms with Gasteiger partial charge in [0.15, 0.2) is 0 Å². The number of hydrogen-bond donors (Lipinski definition) is 1. The van der Waals surface area contributed by atoms with Crippen molar-refractivity contribution in [3.63, 3.8) is 0 Å². The number of imide groups is 1. The van der Waals surface area contributed by atoms with Crippen LogP contribution in [0.5, 0.6) is 0 Å². The summed E-state index contributed by atoms with van der Waals surface area (Å²) in [7, 11) is -0.795. The number of amides is 2. The highest BCUT2D eigenvalue weighted by molar-refractivity contribution is 7.84. The van der Waals surface area contributed by atoms with Gasteiger partial charge in [-0.1, -0.05) is 0 Å². The summed E-state index contributed by atoms with van der Waals surface area (Å²) in [5.74, 6) is 0.383. The highest BCUT2D eigenvalue weighted by Gasteiger charge is 2.36. The maximum atomic E-state index is 11.7. The van der Waals surface area contributed by atoms with Crippen LogP contribution in [0.15, 0.2) is 0 Å². The minimum atomic E-state index is -0.795. The number of rotatable bonds is 6. The van der Waals surface area contributed by atoms with Gasteiger partial charge in [-0.15, -0.1) is 0 Å². The first-order valence-corrected chi connectivity index (χ1v) is 7.16. The van der Waals surface area contributed by atoms with Gasteiger partial charge in [0.25, 0.3) is 0 Å². The molecule has 0 bridgehead atoms. The van der Waals surface area contributed by atoms with Crippen molar-refractivity contribution in [1.82, 2.24) is 10.2 Å². The molecule has 0 aromatic heterocycles. The highest BCUT2D eigenvalue weighted by Crippen LogP contribution is 2.12. The van der Waals surface area contributed by atoms with Crippen LogP contribution in [-0.2, 0) is 20.4 Å². The summed E-state index contributed by atoms with van der Waals surface area (Å²) in [6, 6.07) is -0.377. The van der Waals surface area contributed by atoms with Gasteiger partial charge in [-0.05, 0) is 19.9 Å².